The van der Waals surface area contributed by atoms with Crippen molar-refractivity contribution in [2.45, 2.75) is 19.6 Å². The number of carbonyl (C=O) groups is 1. The van der Waals surface area contributed by atoms with Gasteiger partial charge in [-0.25, -0.2) is 8.78 Å². The molecule has 0 saturated heterocycles. The van der Waals surface area contributed by atoms with Crippen LogP contribution in [0.4, 0.5) is 14.5 Å². The Kier molecular flexibility index (Phi) is 7.14. The predicted molar refractivity (Wildman–Crippen MR) is 127 cm³/mol. The number of anilines is 1. The molecule has 0 aliphatic rings. The van der Waals surface area contributed by atoms with Crippen LogP contribution in [-0.4, -0.2) is 38.2 Å². The maximum Gasteiger partial charge on any atom is 0.280 e. The van der Waals surface area contributed by atoms with Gasteiger partial charge in [-0.3, -0.25) is 20.1 Å². The molecule has 3 aromatic heterocycles. The molecule has 1 aromatic carbocycles. The van der Waals surface area contributed by atoms with Gasteiger partial charge >= 0.3 is 0 Å². The quantitative estimate of drug-likeness (QED) is 0.341. The van der Waals surface area contributed by atoms with Crippen LogP contribution in [0.15, 0.2) is 67.1 Å². The van der Waals surface area contributed by atoms with Crippen LogP contribution in [0.2, 0.25) is 0 Å². The fraction of sp³-hybridized carbons (Fsp3) is 0.160. The minimum Gasteiger partial charge on any atom is -0.373 e. The molecular formula is C25H22F2N6O2. The van der Waals surface area contributed by atoms with Gasteiger partial charge in [-0.05, 0) is 67.6 Å². The first kappa shape index (κ1) is 24.0. The van der Waals surface area contributed by atoms with Gasteiger partial charge in [0.2, 0.25) is 0 Å². The molecule has 10 heteroatoms. The van der Waals surface area contributed by atoms with Crippen LogP contribution < -0.4 is 10.6 Å². The van der Waals surface area contributed by atoms with Crippen molar-refractivity contribution in [2.24, 2.45) is 0 Å². The Labute approximate surface area is 200 Å². The number of rotatable bonds is 7. The summed E-state index contributed by atoms with van der Waals surface area (Å²) in [5.41, 5.74) is 4.35. The smallest absolute Gasteiger partial charge is 0.280 e. The molecule has 0 saturated carbocycles. The second-order valence-corrected chi connectivity index (χ2v) is 7.74. The van der Waals surface area contributed by atoms with Crippen molar-refractivity contribution in [3.63, 3.8) is 0 Å². The summed E-state index contributed by atoms with van der Waals surface area (Å²) in [6, 6.07) is 13.1. The standard InChI is InChI=1S/C25H22F2N6O2/c1-14-3-4-18(32-24(34)16-6-8-29-21(10-16)23(26)27)12-19(14)20-11-17(13-31-33-20)15-5-7-30-22(9-15)25(35)28-2/h3-13,23,25,28,35H,1-2H3,(H,32,34). The Hall–Kier alpha value is -4.15. The highest BCUT2D eigenvalue weighted by Gasteiger charge is 2.15. The Morgan fingerprint density at radius 3 is 2.51 bits per heavy atom. The summed E-state index contributed by atoms with van der Waals surface area (Å²) < 4.78 is 25.9. The Bertz CT molecular complexity index is 1370. The number of hydrogen-bond acceptors (Lipinski definition) is 7. The summed E-state index contributed by atoms with van der Waals surface area (Å²) in [4.78, 5) is 20.4. The molecule has 35 heavy (non-hydrogen) atoms. The number of alkyl halides is 2. The molecule has 8 nitrogen and oxygen atoms in total. The zero-order chi connectivity index (χ0) is 24.9. The molecule has 0 fully saturated rings. The zero-order valence-electron chi connectivity index (χ0n) is 18.9. The number of amides is 1. The number of carbonyl (C=O) groups excluding carboxylic acids is 1. The van der Waals surface area contributed by atoms with Crippen LogP contribution in [0, 0.1) is 6.92 Å². The highest BCUT2D eigenvalue weighted by Crippen LogP contribution is 2.29. The number of benzene rings is 1. The summed E-state index contributed by atoms with van der Waals surface area (Å²) in [7, 11) is 1.63. The molecule has 0 aliphatic carbocycles. The first-order valence-electron chi connectivity index (χ1n) is 10.7. The van der Waals surface area contributed by atoms with Crippen LogP contribution >= 0.6 is 0 Å². The number of hydrogen-bond donors (Lipinski definition) is 3. The lowest BCUT2D eigenvalue weighted by Gasteiger charge is -2.12. The molecule has 3 heterocycles. The van der Waals surface area contributed by atoms with Gasteiger partial charge < -0.3 is 10.4 Å². The van der Waals surface area contributed by atoms with Gasteiger partial charge in [-0.1, -0.05) is 6.07 Å². The Morgan fingerprint density at radius 1 is 0.971 bits per heavy atom. The van der Waals surface area contributed by atoms with Crippen molar-refractivity contribution >= 4 is 11.6 Å². The van der Waals surface area contributed by atoms with E-state index in [0.29, 0.717) is 17.1 Å². The van der Waals surface area contributed by atoms with Crippen molar-refractivity contribution in [2.75, 3.05) is 12.4 Å². The molecule has 1 amide bonds. The van der Waals surface area contributed by atoms with Crippen LogP contribution in [0.1, 0.15) is 40.0 Å². The number of aliphatic hydroxyl groups is 1. The van der Waals surface area contributed by atoms with E-state index >= 15 is 0 Å². The second kappa shape index (κ2) is 10.4. The van der Waals surface area contributed by atoms with Crippen molar-refractivity contribution in [3.8, 4) is 22.4 Å². The normalized spacial score (nSPS) is 11.9. The first-order valence-corrected chi connectivity index (χ1v) is 10.7. The highest BCUT2D eigenvalue weighted by atomic mass is 19.3. The summed E-state index contributed by atoms with van der Waals surface area (Å²) in [6.45, 7) is 1.90. The minimum absolute atomic E-state index is 0.0801. The van der Waals surface area contributed by atoms with E-state index in [1.807, 2.05) is 19.1 Å². The molecule has 0 radical (unpaired) electrons. The maximum atomic E-state index is 12.9. The van der Waals surface area contributed by atoms with Crippen molar-refractivity contribution < 1.29 is 18.7 Å². The van der Waals surface area contributed by atoms with Crippen LogP contribution in [0.25, 0.3) is 22.4 Å². The molecule has 3 N–H and O–H groups in total. The molecule has 4 rings (SSSR count). The van der Waals surface area contributed by atoms with Gasteiger partial charge in [-0.2, -0.15) is 10.2 Å². The van der Waals surface area contributed by atoms with E-state index in [1.54, 1.807) is 43.7 Å². The summed E-state index contributed by atoms with van der Waals surface area (Å²) in [5, 5.41) is 23.9. The third-order valence-corrected chi connectivity index (χ3v) is 5.36. The first-order chi connectivity index (χ1) is 16.9. The number of nitrogens with one attached hydrogen (secondary N) is 2. The third kappa shape index (κ3) is 5.51. The van der Waals surface area contributed by atoms with E-state index in [2.05, 4.69) is 30.8 Å². The van der Waals surface area contributed by atoms with Crippen LogP contribution in [0.3, 0.4) is 0 Å². The fourth-order valence-corrected chi connectivity index (χ4v) is 3.47. The lowest BCUT2D eigenvalue weighted by atomic mass is 10.0. The van der Waals surface area contributed by atoms with E-state index in [9.17, 15) is 18.7 Å². The number of aromatic nitrogens is 4. The topological polar surface area (TPSA) is 113 Å². The van der Waals surface area contributed by atoms with E-state index in [0.717, 1.165) is 28.3 Å². The van der Waals surface area contributed by atoms with Gasteiger partial charge in [0.15, 0.2) is 0 Å². The van der Waals surface area contributed by atoms with Crippen LogP contribution in [-0.2, 0) is 0 Å². The van der Waals surface area contributed by atoms with E-state index in [-0.39, 0.29) is 5.56 Å². The number of nitrogens with zero attached hydrogens (tertiary/aromatic N) is 4. The SMILES string of the molecule is CNC(O)c1cc(-c2cnnc(-c3cc(NC(=O)c4ccnc(C(F)F)c4)ccc3C)c2)ccn1. The summed E-state index contributed by atoms with van der Waals surface area (Å²) in [5.74, 6) is -0.531. The number of aliphatic hydroxyl groups excluding tert-OH is 1. The highest BCUT2D eigenvalue weighted by molar-refractivity contribution is 6.04. The average Bonchev–Trinajstić information content (AvgIpc) is 2.89. The third-order valence-electron chi connectivity index (χ3n) is 5.36. The Balaban J connectivity index is 1.62. The van der Waals surface area contributed by atoms with E-state index in [4.69, 9.17) is 0 Å². The monoisotopic (exact) mass is 476 g/mol. The predicted octanol–water partition coefficient (Wildman–Crippen LogP) is 4.31. The van der Waals surface area contributed by atoms with Gasteiger partial charge in [-0.15, -0.1) is 0 Å². The molecular weight excluding hydrogens is 454 g/mol. The van der Waals surface area contributed by atoms with E-state index < -0.39 is 24.3 Å². The Morgan fingerprint density at radius 2 is 1.74 bits per heavy atom. The molecule has 1 atom stereocenters. The molecule has 178 valence electrons. The minimum atomic E-state index is -2.77. The lowest BCUT2D eigenvalue weighted by molar-refractivity contribution is 0.102. The van der Waals surface area contributed by atoms with Gasteiger partial charge in [0, 0.05) is 34.8 Å². The second-order valence-electron chi connectivity index (χ2n) is 7.74. The van der Waals surface area contributed by atoms with Gasteiger partial charge in [0.05, 0.1) is 17.6 Å². The van der Waals surface area contributed by atoms with Crippen molar-refractivity contribution in [1.29, 1.82) is 0 Å². The van der Waals surface area contributed by atoms with E-state index in [1.165, 1.54) is 12.3 Å². The van der Waals surface area contributed by atoms with Crippen molar-refractivity contribution in [3.05, 3.63) is 89.6 Å². The largest absolute Gasteiger partial charge is 0.373 e. The van der Waals surface area contributed by atoms with Gasteiger partial charge in [0.1, 0.15) is 11.9 Å². The lowest BCUT2D eigenvalue weighted by Crippen LogP contribution is -2.16. The number of aryl methyl sites for hydroxylation is 1. The summed E-state index contributed by atoms with van der Waals surface area (Å²) >= 11 is 0. The average molecular weight is 476 g/mol. The maximum absolute atomic E-state index is 12.9. The number of halogens is 2. The molecule has 4 aromatic rings. The molecule has 0 bridgehead atoms. The zero-order valence-corrected chi connectivity index (χ0v) is 18.9. The van der Waals surface area contributed by atoms with Crippen LogP contribution in [0.5, 0.6) is 0 Å². The summed E-state index contributed by atoms with van der Waals surface area (Å²) in [6.07, 6.45) is 0.726. The molecule has 0 aliphatic heterocycles. The molecule has 1 unspecified atom stereocenters. The van der Waals surface area contributed by atoms with Crippen molar-refractivity contribution in [1.82, 2.24) is 25.5 Å². The molecule has 0 spiro atoms. The number of pyridine rings is 2. The van der Waals surface area contributed by atoms with Gasteiger partial charge in [0.25, 0.3) is 12.3 Å². The fourth-order valence-electron chi connectivity index (χ4n) is 3.47.